The summed E-state index contributed by atoms with van der Waals surface area (Å²) in [5.41, 5.74) is 4.30. The van der Waals surface area contributed by atoms with E-state index in [4.69, 9.17) is 13.6 Å². The third kappa shape index (κ3) is 6.81. The maximum absolute atomic E-state index is 6.95. The lowest BCUT2D eigenvalue weighted by molar-refractivity contribution is 0.219. The summed E-state index contributed by atoms with van der Waals surface area (Å²) in [5, 5.41) is 0.230. The third-order valence-electron chi connectivity index (χ3n) is 7.67. The minimum atomic E-state index is -2.21. The molecule has 1 saturated heterocycles. The number of rotatable bonds is 13. The van der Waals surface area contributed by atoms with Crippen LogP contribution >= 0.6 is 0 Å². The molecule has 1 rings (SSSR count). The first-order valence-electron chi connectivity index (χ1n) is 13.2. The van der Waals surface area contributed by atoms with E-state index in [1.54, 1.807) is 0 Å². The number of hydrogen-bond acceptors (Lipinski definition) is 3. The summed E-state index contributed by atoms with van der Waals surface area (Å²) in [4.78, 5) is 0. The van der Waals surface area contributed by atoms with E-state index in [9.17, 15) is 0 Å². The fourth-order valence-corrected chi connectivity index (χ4v) is 16.7. The molecule has 1 fully saturated rings. The van der Waals surface area contributed by atoms with Gasteiger partial charge in [0.25, 0.3) is 0 Å². The molecule has 1 aliphatic heterocycles. The molecule has 190 valence electrons. The summed E-state index contributed by atoms with van der Waals surface area (Å²) in [6, 6.07) is 0. The number of unbranched alkanes of at least 4 members (excludes halogenated alkanes) is 2. The van der Waals surface area contributed by atoms with Crippen molar-refractivity contribution in [1.29, 1.82) is 0 Å². The molecule has 0 N–H and O–H groups in total. The fourth-order valence-electron chi connectivity index (χ4n) is 6.09. The Morgan fingerprint density at radius 2 is 1.22 bits per heavy atom. The van der Waals surface area contributed by atoms with Gasteiger partial charge in [-0.1, -0.05) is 115 Å². The van der Waals surface area contributed by atoms with Gasteiger partial charge in [0, 0.05) is 0 Å². The third-order valence-corrected chi connectivity index (χ3v) is 19.5. The van der Waals surface area contributed by atoms with E-state index >= 15 is 0 Å². The van der Waals surface area contributed by atoms with Crippen LogP contribution in [0.5, 0.6) is 0 Å². The standard InChI is InChI=1S/C27H56O3Si2/c1-14-15-16-17-18-31(26(8,9)10,27(11,12)13)28-19-24-25(30-24)20-29-32(21(2)3,22(4)5)23(6)7/h17-18,21-25H,14-16,19-20H2,1-13H3/b18-17+/t24-,25+/m1/s1. The number of hydrogen-bond donors (Lipinski definition) is 0. The normalized spacial score (nSPS) is 20.9. The van der Waals surface area contributed by atoms with Gasteiger partial charge in [0.05, 0.1) is 13.2 Å². The van der Waals surface area contributed by atoms with Crippen LogP contribution in [0.25, 0.3) is 0 Å². The van der Waals surface area contributed by atoms with Crippen molar-refractivity contribution in [1.82, 2.24) is 0 Å². The van der Waals surface area contributed by atoms with Crippen molar-refractivity contribution in [2.24, 2.45) is 0 Å². The van der Waals surface area contributed by atoms with Crippen molar-refractivity contribution in [2.75, 3.05) is 13.2 Å². The Bertz CT molecular complexity index is 549. The van der Waals surface area contributed by atoms with Crippen LogP contribution in [0.15, 0.2) is 11.8 Å². The molecule has 1 aliphatic rings. The Balaban J connectivity index is 2.88. The first-order valence-corrected chi connectivity index (χ1v) is 17.3. The van der Waals surface area contributed by atoms with Gasteiger partial charge in [0.1, 0.15) is 12.2 Å². The molecule has 0 spiro atoms. The van der Waals surface area contributed by atoms with E-state index in [2.05, 4.69) is 102 Å². The smallest absolute Gasteiger partial charge is 0.227 e. The molecule has 0 radical (unpaired) electrons. The van der Waals surface area contributed by atoms with Gasteiger partial charge in [-0.3, -0.25) is 0 Å². The van der Waals surface area contributed by atoms with E-state index in [1.165, 1.54) is 12.8 Å². The first-order chi connectivity index (χ1) is 14.6. The molecule has 0 aromatic heterocycles. The lowest BCUT2D eigenvalue weighted by atomic mass is 10.2. The zero-order valence-electron chi connectivity index (χ0n) is 23.8. The molecule has 32 heavy (non-hydrogen) atoms. The zero-order valence-corrected chi connectivity index (χ0v) is 25.8. The summed E-state index contributed by atoms with van der Waals surface area (Å²) in [7, 11) is -4.06. The molecule has 0 saturated carbocycles. The van der Waals surface area contributed by atoms with E-state index < -0.39 is 16.6 Å². The average molecular weight is 485 g/mol. The van der Waals surface area contributed by atoms with Crippen molar-refractivity contribution in [2.45, 2.75) is 148 Å². The maximum Gasteiger partial charge on any atom is 0.227 e. The molecule has 0 bridgehead atoms. The average Bonchev–Trinajstić information content (AvgIpc) is 3.37. The molecule has 1 heterocycles. The van der Waals surface area contributed by atoms with Crippen molar-refractivity contribution in [3.8, 4) is 0 Å². The van der Waals surface area contributed by atoms with Crippen LogP contribution in [0.1, 0.15) is 109 Å². The molecule has 2 atom stereocenters. The number of epoxide rings is 1. The second-order valence-corrected chi connectivity index (χ2v) is 23.5. The molecule has 3 nitrogen and oxygen atoms in total. The Hall–Kier alpha value is 0.0538. The summed E-state index contributed by atoms with van der Waals surface area (Å²) in [5.74, 6) is 0. The molecule has 0 amide bonds. The van der Waals surface area contributed by atoms with Gasteiger partial charge < -0.3 is 13.6 Å². The molecule has 0 aliphatic carbocycles. The van der Waals surface area contributed by atoms with E-state index in [0.717, 1.165) is 13.0 Å². The molecule has 0 aromatic rings. The predicted molar refractivity (Wildman–Crippen MR) is 145 cm³/mol. The minimum absolute atomic E-state index is 0.115. The Kier molecular flexibility index (Phi) is 11.0. The second-order valence-electron chi connectivity index (χ2n) is 12.9. The van der Waals surface area contributed by atoms with Crippen LogP contribution < -0.4 is 0 Å². The van der Waals surface area contributed by atoms with Gasteiger partial charge in [-0.05, 0) is 33.1 Å². The van der Waals surface area contributed by atoms with Gasteiger partial charge >= 0.3 is 0 Å². The molecule has 0 unspecified atom stereocenters. The van der Waals surface area contributed by atoms with Crippen molar-refractivity contribution in [3.05, 3.63) is 11.8 Å². The molecular formula is C27H56O3Si2. The number of allylic oxidation sites excluding steroid dienone is 1. The largest absolute Gasteiger partial charge is 0.413 e. The highest BCUT2D eigenvalue weighted by atomic mass is 28.4. The highest BCUT2D eigenvalue weighted by Gasteiger charge is 2.55. The minimum Gasteiger partial charge on any atom is -0.413 e. The Morgan fingerprint density at radius 3 is 1.59 bits per heavy atom. The monoisotopic (exact) mass is 484 g/mol. The summed E-state index contributed by atoms with van der Waals surface area (Å²) < 4.78 is 19.8. The van der Waals surface area contributed by atoms with Crippen LogP contribution in [0.3, 0.4) is 0 Å². The molecular weight excluding hydrogens is 428 g/mol. The van der Waals surface area contributed by atoms with E-state index in [-0.39, 0.29) is 22.3 Å². The lowest BCUT2D eigenvalue weighted by Gasteiger charge is -2.49. The Morgan fingerprint density at radius 1 is 0.781 bits per heavy atom. The Labute approximate surface area is 203 Å². The number of ether oxygens (including phenoxy) is 1. The van der Waals surface area contributed by atoms with Crippen LogP contribution in [-0.4, -0.2) is 42.1 Å². The van der Waals surface area contributed by atoms with Crippen LogP contribution in [-0.2, 0) is 13.6 Å². The van der Waals surface area contributed by atoms with Gasteiger partial charge in [0.2, 0.25) is 8.32 Å². The molecule has 0 aromatic carbocycles. The summed E-state index contributed by atoms with van der Waals surface area (Å²) >= 11 is 0. The first kappa shape index (κ1) is 30.1. The topological polar surface area (TPSA) is 31.0 Å². The van der Waals surface area contributed by atoms with Gasteiger partial charge in [-0.25, -0.2) is 0 Å². The van der Waals surface area contributed by atoms with Crippen molar-refractivity contribution < 1.29 is 13.6 Å². The fraction of sp³-hybridized carbons (Fsp3) is 0.926. The van der Waals surface area contributed by atoms with Gasteiger partial charge in [-0.2, -0.15) is 0 Å². The zero-order chi connectivity index (χ0) is 25.0. The predicted octanol–water partition coefficient (Wildman–Crippen LogP) is 8.79. The summed E-state index contributed by atoms with van der Waals surface area (Å²) in [6.45, 7) is 31.9. The quantitative estimate of drug-likeness (QED) is 0.149. The SMILES string of the molecule is CCCC/C=C/[Si](OC[C@H]1O[C@H]1CO[Si](C(C)C)(C(C)C)C(C)C)(C(C)(C)C)C(C)(C)C. The van der Waals surface area contributed by atoms with Crippen molar-refractivity contribution >= 4 is 16.6 Å². The highest BCUT2D eigenvalue weighted by Crippen LogP contribution is 2.53. The summed E-state index contributed by atoms with van der Waals surface area (Å²) in [6.07, 6.45) is 6.38. The highest BCUT2D eigenvalue weighted by molar-refractivity contribution is 6.84. The lowest BCUT2D eigenvalue weighted by Crippen LogP contribution is -2.54. The van der Waals surface area contributed by atoms with E-state index in [0.29, 0.717) is 23.2 Å². The van der Waals surface area contributed by atoms with Gasteiger partial charge in [0.15, 0.2) is 8.32 Å². The maximum atomic E-state index is 6.95. The van der Waals surface area contributed by atoms with Crippen LogP contribution in [0, 0.1) is 0 Å². The van der Waals surface area contributed by atoms with Crippen LogP contribution in [0.2, 0.25) is 26.7 Å². The van der Waals surface area contributed by atoms with Crippen LogP contribution in [0.4, 0.5) is 0 Å². The van der Waals surface area contributed by atoms with E-state index in [1.807, 2.05) is 0 Å². The molecule has 5 heteroatoms. The van der Waals surface area contributed by atoms with Gasteiger partial charge in [-0.15, -0.1) is 0 Å². The second kappa shape index (κ2) is 11.7. The van der Waals surface area contributed by atoms with Crippen molar-refractivity contribution in [3.63, 3.8) is 0 Å².